The molecule has 0 aromatic heterocycles. The Bertz CT molecular complexity index is 334. The molecule has 0 N–H and O–H groups in total. The third kappa shape index (κ3) is 3.03. The summed E-state index contributed by atoms with van der Waals surface area (Å²) in [6.45, 7) is 0. The lowest BCUT2D eigenvalue weighted by Gasteiger charge is -2.42. The fourth-order valence-corrected chi connectivity index (χ4v) is 10.0. The van der Waals surface area contributed by atoms with Gasteiger partial charge in [0.25, 0.3) is 11.2 Å². The van der Waals surface area contributed by atoms with Gasteiger partial charge >= 0.3 is 8.07 Å². The Morgan fingerprint density at radius 3 is 1.33 bits per heavy atom. The number of rotatable bonds is 4. The first-order valence-corrected chi connectivity index (χ1v) is 10.5. The largest absolute Gasteiger partial charge is 0.473 e. The molecule has 2 aliphatic carbocycles. The quantitative estimate of drug-likeness (QED) is 0.700. The van der Waals surface area contributed by atoms with Crippen LogP contribution in [-0.2, 0) is 9.47 Å². The summed E-state index contributed by atoms with van der Waals surface area (Å²) in [6, 6.07) is 0. The van der Waals surface area contributed by atoms with Crippen LogP contribution in [0.4, 0.5) is 9.59 Å². The van der Waals surface area contributed by atoms with Crippen LogP contribution >= 0.6 is 0 Å². The van der Waals surface area contributed by atoms with Gasteiger partial charge in [0.2, 0.25) is 0 Å². The fraction of sp³-hybridized carbons (Fsp3) is 0.875. The second-order valence-corrected chi connectivity index (χ2v) is 10.7. The minimum Gasteiger partial charge on any atom is -0.473 e. The van der Waals surface area contributed by atoms with Crippen LogP contribution in [0.3, 0.4) is 0 Å². The average Bonchev–Trinajstić information content (AvgIpc) is 2.57. The van der Waals surface area contributed by atoms with E-state index in [0.29, 0.717) is 0 Å². The molecule has 2 aliphatic rings. The minimum absolute atomic E-state index is 0.217. The molecule has 2 saturated carbocycles. The topological polar surface area (TPSA) is 52.6 Å². The number of carbonyl (C=O) groups excluding carboxylic acids is 2. The van der Waals surface area contributed by atoms with Gasteiger partial charge in [-0.1, -0.05) is 64.2 Å². The molecule has 0 saturated heterocycles. The van der Waals surface area contributed by atoms with Gasteiger partial charge in [-0.05, 0) is 11.1 Å². The molecular formula is C16H28O4Si. The third-order valence-electron chi connectivity index (χ3n) is 5.54. The van der Waals surface area contributed by atoms with Crippen molar-refractivity contribution in [2.24, 2.45) is 0 Å². The Morgan fingerprint density at radius 2 is 1.05 bits per heavy atom. The summed E-state index contributed by atoms with van der Waals surface area (Å²) in [5.41, 5.74) is -0.0233. The summed E-state index contributed by atoms with van der Waals surface area (Å²) >= 11 is 0. The first-order valence-electron chi connectivity index (χ1n) is 8.34. The zero-order valence-corrected chi connectivity index (χ0v) is 14.4. The lowest BCUT2D eigenvalue weighted by molar-refractivity contribution is 0.182. The number of carbonyl (C=O) groups is 2. The molecule has 0 atom stereocenters. The molecule has 21 heavy (non-hydrogen) atoms. The molecule has 0 aromatic rings. The van der Waals surface area contributed by atoms with Crippen LogP contribution < -0.4 is 0 Å². The van der Waals surface area contributed by atoms with E-state index in [1.165, 1.54) is 27.1 Å². The van der Waals surface area contributed by atoms with Crippen LogP contribution in [0.5, 0.6) is 0 Å². The van der Waals surface area contributed by atoms with Crippen molar-refractivity contribution in [3.05, 3.63) is 0 Å². The highest BCUT2D eigenvalue weighted by atomic mass is 28.3. The molecule has 120 valence electrons. The summed E-state index contributed by atoms with van der Waals surface area (Å²) in [7, 11) is -0.0644. The first-order chi connectivity index (χ1) is 10.2. The van der Waals surface area contributed by atoms with Crippen LogP contribution in [0.2, 0.25) is 11.1 Å². The summed E-state index contributed by atoms with van der Waals surface area (Å²) in [6.07, 6.45) is 10.9. The molecule has 0 radical (unpaired) electrons. The van der Waals surface area contributed by atoms with Gasteiger partial charge in [-0.15, -0.1) is 0 Å². The highest BCUT2D eigenvalue weighted by Gasteiger charge is 2.62. The zero-order chi connectivity index (χ0) is 15.3. The summed E-state index contributed by atoms with van der Waals surface area (Å²) in [4.78, 5) is 25.5. The van der Waals surface area contributed by atoms with Crippen LogP contribution in [0.1, 0.15) is 64.2 Å². The van der Waals surface area contributed by atoms with E-state index < -0.39 is 8.07 Å². The number of methoxy groups -OCH3 is 2. The van der Waals surface area contributed by atoms with E-state index in [9.17, 15) is 9.59 Å². The van der Waals surface area contributed by atoms with Crippen LogP contribution in [0.15, 0.2) is 0 Å². The molecular weight excluding hydrogens is 284 g/mol. The van der Waals surface area contributed by atoms with Gasteiger partial charge in [-0.3, -0.25) is 9.59 Å². The van der Waals surface area contributed by atoms with E-state index in [4.69, 9.17) is 9.47 Å². The molecule has 0 heterocycles. The van der Waals surface area contributed by atoms with Gasteiger partial charge < -0.3 is 9.47 Å². The first kappa shape index (κ1) is 16.5. The second kappa shape index (κ2) is 7.43. The lowest BCUT2D eigenvalue weighted by atomic mass is 9.99. The Labute approximate surface area is 128 Å². The predicted molar refractivity (Wildman–Crippen MR) is 84.2 cm³/mol. The van der Waals surface area contributed by atoms with Gasteiger partial charge in [-0.25, -0.2) is 0 Å². The van der Waals surface area contributed by atoms with Gasteiger partial charge in [-0.2, -0.15) is 0 Å². The van der Waals surface area contributed by atoms with Crippen molar-refractivity contribution >= 4 is 19.3 Å². The second-order valence-electron chi connectivity index (χ2n) is 6.52. The molecule has 4 nitrogen and oxygen atoms in total. The van der Waals surface area contributed by atoms with E-state index in [1.54, 1.807) is 0 Å². The van der Waals surface area contributed by atoms with Crippen molar-refractivity contribution in [2.45, 2.75) is 75.3 Å². The van der Waals surface area contributed by atoms with Gasteiger partial charge in [0.1, 0.15) is 0 Å². The van der Waals surface area contributed by atoms with Crippen molar-refractivity contribution in [3.8, 4) is 0 Å². The predicted octanol–water partition coefficient (Wildman–Crippen LogP) is 4.80. The zero-order valence-electron chi connectivity index (χ0n) is 13.4. The molecule has 0 amide bonds. The number of hydrogen-bond acceptors (Lipinski definition) is 4. The van der Waals surface area contributed by atoms with Crippen molar-refractivity contribution in [1.29, 1.82) is 0 Å². The van der Waals surface area contributed by atoms with Gasteiger partial charge in [0.15, 0.2) is 0 Å². The third-order valence-corrected chi connectivity index (χ3v) is 11.0. The van der Waals surface area contributed by atoms with E-state index in [-0.39, 0.29) is 22.3 Å². The Balaban J connectivity index is 2.40. The maximum atomic E-state index is 12.8. The normalized spacial score (nSPS) is 21.8. The van der Waals surface area contributed by atoms with Crippen LogP contribution in [0, 0.1) is 0 Å². The van der Waals surface area contributed by atoms with Gasteiger partial charge in [0, 0.05) is 0 Å². The molecule has 0 bridgehead atoms. The lowest BCUT2D eigenvalue weighted by Crippen LogP contribution is -2.60. The summed E-state index contributed by atoms with van der Waals surface area (Å²) in [5, 5.41) is 0. The van der Waals surface area contributed by atoms with Crippen molar-refractivity contribution in [3.63, 3.8) is 0 Å². The molecule has 0 aliphatic heterocycles. The monoisotopic (exact) mass is 312 g/mol. The molecule has 0 spiro atoms. The number of ether oxygens (including phenoxy) is 2. The van der Waals surface area contributed by atoms with Gasteiger partial charge in [0.05, 0.1) is 14.2 Å². The summed E-state index contributed by atoms with van der Waals surface area (Å²) in [5.74, 6) is 0. The Kier molecular flexibility index (Phi) is 5.85. The van der Waals surface area contributed by atoms with E-state index in [0.717, 1.165) is 51.4 Å². The molecule has 0 aromatic carbocycles. The molecule has 5 heteroatoms. The average molecular weight is 312 g/mol. The minimum atomic E-state index is -2.92. The Morgan fingerprint density at radius 1 is 0.714 bits per heavy atom. The number of hydrogen-bond donors (Lipinski definition) is 0. The smallest absolute Gasteiger partial charge is 0.317 e. The van der Waals surface area contributed by atoms with Crippen molar-refractivity contribution < 1.29 is 19.1 Å². The van der Waals surface area contributed by atoms with Crippen molar-refractivity contribution in [1.82, 2.24) is 0 Å². The van der Waals surface area contributed by atoms with E-state index in [1.807, 2.05) is 0 Å². The van der Waals surface area contributed by atoms with Crippen LogP contribution in [0.25, 0.3) is 0 Å². The van der Waals surface area contributed by atoms with Crippen LogP contribution in [-0.4, -0.2) is 33.5 Å². The maximum Gasteiger partial charge on any atom is 0.317 e. The highest BCUT2D eigenvalue weighted by molar-refractivity contribution is 7.25. The molecule has 2 rings (SSSR count). The molecule has 0 unspecified atom stereocenters. The standard InChI is InChI=1S/C16H28O4Si/c1-19-15(17)21(16(18)20-2,13-9-5-3-6-10-13)14-11-7-4-8-12-14/h13-14H,3-12H2,1-2H3. The fourth-order valence-electron chi connectivity index (χ4n) is 4.54. The highest BCUT2D eigenvalue weighted by Crippen LogP contribution is 2.49. The SMILES string of the molecule is COC(=O)[Si](C(=O)OC)(C1CCCCC1)C1CCCCC1. The van der Waals surface area contributed by atoms with E-state index >= 15 is 0 Å². The Hall–Kier alpha value is -0.843. The van der Waals surface area contributed by atoms with E-state index in [2.05, 4.69) is 0 Å². The maximum absolute atomic E-state index is 12.8. The van der Waals surface area contributed by atoms with Crippen molar-refractivity contribution in [2.75, 3.05) is 14.2 Å². The molecule has 2 fully saturated rings. The summed E-state index contributed by atoms with van der Waals surface area (Å²) < 4.78 is 10.3.